The SMILES string of the molecule is BC1=CC2c3c(B)c(B)c4c5cc(B)cc(B)c5n(-c5ccccc5)c4c3N(c3ccc4oc5cccc(C)c5c4c3)C2C(B)=C1. The molecular weight excluding hydrogens is 553 g/mol. The van der Waals surface area contributed by atoms with Crippen molar-refractivity contribution in [3.05, 3.63) is 113 Å². The molecule has 7 aromatic rings. The van der Waals surface area contributed by atoms with Gasteiger partial charge in [-0.2, -0.15) is 0 Å². The molecule has 0 saturated heterocycles. The van der Waals surface area contributed by atoms with Gasteiger partial charge in [0.25, 0.3) is 0 Å². The van der Waals surface area contributed by atoms with E-state index in [9.17, 15) is 0 Å². The largest absolute Gasteiger partial charge is 0.456 e. The molecule has 2 aromatic heterocycles. The second kappa shape index (κ2) is 9.69. The average molecular weight is 586 g/mol. The zero-order valence-electron chi connectivity index (χ0n) is 27.6. The maximum atomic E-state index is 6.36. The number of rotatable bonds is 2. The van der Waals surface area contributed by atoms with Gasteiger partial charge in [-0.25, -0.2) is 0 Å². The molecule has 0 spiro atoms. The van der Waals surface area contributed by atoms with Gasteiger partial charge in [-0.3, -0.25) is 0 Å². The fourth-order valence-corrected chi connectivity index (χ4v) is 8.91. The highest BCUT2D eigenvalue weighted by atomic mass is 16.3. The second-order valence-electron chi connectivity index (χ2n) is 13.8. The molecule has 0 bridgehead atoms. The number of anilines is 2. The van der Waals surface area contributed by atoms with Crippen molar-refractivity contribution in [1.29, 1.82) is 0 Å². The van der Waals surface area contributed by atoms with Crippen molar-refractivity contribution in [2.75, 3.05) is 4.90 Å². The van der Waals surface area contributed by atoms with Gasteiger partial charge < -0.3 is 13.9 Å². The van der Waals surface area contributed by atoms with E-state index in [1.54, 1.807) is 0 Å². The Morgan fingerprint density at radius 1 is 0.696 bits per heavy atom. The van der Waals surface area contributed by atoms with Gasteiger partial charge in [0.2, 0.25) is 0 Å². The highest BCUT2D eigenvalue weighted by molar-refractivity contribution is 6.57. The van der Waals surface area contributed by atoms with Gasteiger partial charge in [-0.15, -0.1) is 0 Å². The lowest BCUT2D eigenvalue weighted by atomic mass is 9.67. The fraction of sp³-hybridized carbons (Fsp3) is 0.0811. The van der Waals surface area contributed by atoms with Crippen molar-refractivity contribution in [2.24, 2.45) is 0 Å². The lowest BCUT2D eigenvalue weighted by Gasteiger charge is -2.33. The monoisotopic (exact) mass is 586 g/mol. The van der Waals surface area contributed by atoms with Crippen LogP contribution in [0.5, 0.6) is 0 Å². The van der Waals surface area contributed by atoms with E-state index in [1.807, 2.05) is 0 Å². The maximum Gasteiger partial charge on any atom is 0.142 e. The molecule has 9 heteroatoms. The van der Waals surface area contributed by atoms with E-state index in [1.165, 1.54) is 93.6 Å². The Balaban J connectivity index is 1.48. The van der Waals surface area contributed by atoms with Gasteiger partial charge in [0.15, 0.2) is 0 Å². The van der Waals surface area contributed by atoms with Crippen LogP contribution in [-0.2, 0) is 0 Å². The van der Waals surface area contributed by atoms with E-state index < -0.39 is 0 Å². The van der Waals surface area contributed by atoms with Gasteiger partial charge in [0, 0.05) is 44.4 Å². The van der Waals surface area contributed by atoms with E-state index in [0.29, 0.717) is 0 Å². The first-order valence-corrected chi connectivity index (χ1v) is 16.4. The van der Waals surface area contributed by atoms with Gasteiger partial charge in [0.1, 0.15) is 58.2 Å². The summed E-state index contributed by atoms with van der Waals surface area (Å²) >= 11 is 0. The van der Waals surface area contributed by atoms with Crippen LogP contribution in [0, 0.1) is 6.92 Å². The summed E-state index contributed by atoms with van der Waals surface area (Å²) in [6, 6.07) is 29.1. The minimum Gasteiger partial charge on any atom is -0.456 e. The Morgan fingerprint density at radius 3 is 2.30 bits per heavy atom. The fourth-order valence-electron chi connectivity index (χ4n) is 8.91. The van der Waals surface area contributed by atoms with Crippen molar-refractivity contribution >= 4 is 124 Å². The van der Waals surface area contributed by atoms with Crippen molar-refractivity contribution < 1.29 is 4.42 Å². The van der Waals surface area contributed by atoms with Crippen LogP contribution in [0.4, 0.5) is 11.4 Å². The Labute approximate surface area is 274 Å². The van der Waals surface area contributed by atoms with Crippen LogP contribution in [0.25, 0.3) is 49.4 Å². The van der Waals surface area contributed by atoms with E-state index in [4.69, 9.17) is 4.42 Å². The van der Waals surface area contributed by atoms with Gasteiger partial charge in [-0.1, -0.05) is 87.4 Å². The predicted molar refractivity (Wildman–Crippen MR) is 214 cm³/mol. The molecule has 0 radical (unpaired) electrons. The molecule has 2 atom stereocenters. The summed E-state index contributed by atoms with van der Waals surface area (Å²) in [6.45, 7) is 2.19. The third kappa shape index (κ3) is 3.63. The number of nitrogens with zero attached hydrogens (tertiary/aromatic N) is 2. The second-order valence-corrected chi connectivity index (χ2v) is 13.8. The van der Waals surface area contributed by atoms with Crippen LogP contribution in [0.2, 0.25) is 0 Å². The summed E-state index contributed by atoms with van der Waals surface area (Å²) in [6.07, 6.45) is 4.89. The number of fused-ring (bicyclic) bond motifs is 10. The highest BCUT2D eigenvalue weighted by Crippen LogP contribution is 2.53. The number of benzene rings is 5. The summed E-state index contributed by atoms with van der Waals surface area (Å²) in [5.74, 6) is 0.256. The zero-order chi connectivity index (χ0) is 31.6. The zero-order valence-corrected chi connectivity index (χ0v) is 27.6. The summed E-state index contributed by atoms with van der Waals surface area (Å²) in [4.78, 5) is 2.67. The number of aryl methyl sites for hydroxylation is 1. The van der Waals surface area contributed by atoms with Gasteiger partial charge >= 0.3 is 0 Å². The van der Waals surface area contributed by atoms with Crippen LogP contribution < -0.4 is 26.8 Å². The number of hydrogen-bond donors (Lipinski definition) is 0. The molecule has 2 aliphatic rings. The van der Waals surface area contributed by atoms with Crippen LogP contribution in [0.3, 0.4) is 0 Å². The lowest BCUT2D eigenvalue weighted by Crippen LogP contribution is -2.34. The minimum atomic E-state index is 0.184. The van der Waals surface area contributed by atoms with Crippen molar-refractivity contribution in [3.63, 3.8) is 0 Å². The number of allylic oxidation sites excluding steroid dienone is 2. The van der Waals surface area contributed by atoms with Crippen LogP contribution >= 0.6 is 0 Å². The predicted octanol–water partition coefficient (Wildman–Crippen LogP) is 0.677. The molecule has 9 rings (SSSR count). The first-order chi connectivity index (χ1) is 22.2. The number of aromatic nitrogens is 1. The minimum absolute atomic E-state index is 0.184. The van der Waals surface area contributed by atoms with E-state index >= 15 is 0 Å². The number of hydrogen-bond acceptors (Lipinski definition) is 2. The standard InChI is InChI=1S/C37H32B6N2O/c1-17-6-5-9-28-29(17)22-16-21(10-11-27(22)46-28)45-35-24(13-19(39)15-26(35)41)31-33(43)32(42)30-23-12-18(38)14-25(40)34(23)44(36(30)37(31)45)20-7-3-2-4-8-20/h2-16,24,35H,38-43H2,1H3. The molecule has 5 aromatic carbocycles. The normalized spacial score (nSPS) is 17.5. The Morgan fingerprint density at radius 2 is 1.50 bits per heavy atom. The van der Waals surface area contributed by atoms with E-state index in [2.05, 4.69) is 154 Å². The molecule has 3 nitrogen and oxygen atoms in total. The highest BCUT2D eigenvalue weighted by Gasteiger charge is 2.44. The summed E-state index contributed by atoms with van der Waals surface area (Å²) < 4.78 is 8.92. The van der Waals surface area contributed by atoms with Crippen LogP contribution in [-0.4, -0.2) is 57.7 Å². The van der Waals surface area contributed by atoms with Crippen molar-refractivity contribution in [2.45, 2.75) is 18.9 Å². The molecule has 1 aliphatic carbocycles. The maximum absolute atomic E-state index is 6.36. The Bertz CT molecular complexity index is 2530. The van der Waals surface area contributed by atoms with Gasteiger partial charge in [0.05, 0.1) is 17.2 Å². The Kier molecular flexibility index (Phi) is 5.83. The molecule has 3 heterocycles. The quantitative estimate of drug-likeness (QED) is 0.279. The third-order valence-electron chi connectivity index (χ3n) is 10.8. The smallest absolute Gasteiger partial charge is 0.142 e. The third-order valence-corrected chi connectivity index (χ3v) is 10.8. The summed E-state index contributed by atoms with van der Waals surface area (Å²) in [5.41, 5.74) is 19.0. The Hall–Kier alpha value is -4.63. The molecule has 1 aliphatic heterocycles. The summed E-state index contributed by atoms with van der Waals surface area (Å²) in [7, 11) is 13.8. The lowest BCUT2D eigenvalue weighted by molar-refractivity contribution is 0.668. The first kappa shape index (κ1) is 27.7. The van der Waals surface area contributed by atoms with Crippen molar-refractivity contribution in [3.8, 4) is 5.69 Å². The topological polar surface area (TPSA) is 21.3 Å². The summed E-state index contributed by atoms with van der Waals surface area (Å²) in [5, 5.41) is 5.07. The number of para-hydroxylation sites is 1. The van der Waals surface area contributed by atoms with Gasteiger partial charge in [-0.05, 0) is 54.4 Å². The van der Waals surface area contributed by atoms with Crippen LogP contribution in [0.1, 0.15) is 17.0 Å². The molecule has 214 valence electrons. The van der Waals surface area contributed by atoms with E-state index in [-0.39, 0.29) is 12.0 Å². The number of furan rings is 1. The molecular formula is C37H32B6N2O. The molecule has 0 N–H and O–H groups in total. The molecule has 0 amide bonds. The average Bonchev–Trinajstić information content (AvgIpc) is 3.68. The molecule has 0 fully saturated rings. The van der Waals surface area contributed by atoms with Crippen molar-refractivity contribution in [1.82, 2.24) is 4.57 Å². The van der Waals surface area contributed by atoms with Crippen LogP contribution in [0.15, 0.2) is 106 Å². The first-order valence-electron chi connectivity index (χ1n) is 16.4. The molecule has 46 heavy (non-hydrogen) atoms. The molecule has 2 unspecified atom stereocenters. The van der Waals surface area contributed by atoms with E-state index in [0.717, 1.165) is 11.2 Å². The molecule has 0 saturated carbocycles.